The van der Waals surface area contributed by atoms with E-state index in [0.29, 0.717) is 17.4 Å². The SMILES string of the molecule is COc1ccc(C(C)(C(Oc2ccc(C(CC(C)(C)C)C(C)(C)C)cc2)OC2CCCCC2)C(F)(F)F)cc1. The minimum absolute atomic E-state index is 0.0332. The predicted molar refractivity (Wildman–Crippen MR) is 151 cm³/mol. The highest BCUT2D eigenvalue weighted by molar-refractivity contribution is 5.35. The third kappa shape index (κ3) is 7.93. The molecule has 0 amide bonds. The van der Waals surface area contributed by atoms with E-state index in [4.69, 9.17) is 14.2 Å². The smallest absolute Gasteiger partial charge is 0.404 e. The molecular formula is C33H47F3O3. The Morgan fingerprint density at radius 3 is 1.77 bits per heavy atom. The third-order valence-corrected chi connectivity index (χ3v) is 8.01. The van der Waals surface area contributed by atoms with Gasteiger partial charge in [0.05, 0.1) is 13.2 Å². The molecule has 2 aromatic rings. The molecule has 3 atom stereocenters. The monoisotopic (exact) mass is 548 g/mol. The van der Waals surface area contributed by atoms with Crippen molar-refractivity contribution in [1.29, 1.82) is 0 Å². The van der Waals surface area contributed by atoms with E-state index < -0.39 is 17.9 Å². The lowest BCUT2D eigenvalue weighted by molar-refractivity contribution is -0.268. The molecule has 0 N–H and O–H groups in total. The van der Waals surface area contributed by atoms with Crippen molar-refractivity contribution >= 4 is 0 Å². The van der Waals surface area contributed by atoms with E-state index in [0.717, 1.165) is 44.1 Å². The van der Waals surface area contributed by atoms with E-state index in [2.05, 4.69) is 41.5 Å². The zero-order valence-corrected chi connectivity index (χ0v) is 25.0. The number of ether oxygens (including phenoxy) is 3. The number of alkyl halides is 3. The van der Waals surface area contributed by atoms with Crippen molar-refractivity contribution in [3.8, 4) is 11.5 Å². The number of hydrogen-bond donors (Lipinski definition) is 0. The summed E-state index contributed by atoms with van der Waals surface area (Å²) < 4.78 is 62.4. The summed E-state index contributed by atoms with van der Waals surface area (Å²) in [6, 6.07) is 13.6. The van der Waals surface area contributed by atoms with Crippen LogP contribution < -0.4 is 9.47 Å². The summed E-state index contributed by atoms with van der Waals surface area (Å²) in [5.41, 5.74) is -0.991. The van der Waals surface area contributed by atoms with Crippen molar-refractivity contribution in [2.24, 2.45) is 10.8 Å². The van der Waals surface area contributed by atoms with Crippen molar-refractivity contribution in [2.75, 3.05) is 7.11 Å². The van der Waals surface area contributed by atoms with Crippen molar-refractivity contribution in [1.82, 2.24) is 0 Å². The van der Waals surface area contributed by atoms with Gasteiger partial charge in [0.15, 0.2) is 5.41 Å². The molecule has 0 spiro atoms. The lowest BCUT2D eigenvalue weighted by Gasteiger charge is -2.41. The average Bonchev–Trinajstić information content (AvgIpc) is 2.86. The van der Waals surface area contributed by atoms with Gasteiger partial charge in [-0.15, -0.1) is 0 Å². The molecule has 3 rings (SSSR count). The highest BCUT2D eigenvalue weighted by atomic mass is 19.4. The summed E-state index contributed by atoms with van der Waals surface area (Å²) in [5.74, 6) is 1.15. The Balaban J connectivity index is 1.99. The molecule has 0 bridgehead atoms. The highest BCUT2D eigenvalue weighted by Crippen LogP contribution is 2.47. The van der Waals surface area contributed by atoms with Gasteiger partial charge in [0, 0.05) is 0 Å². The summed E-state index contributed by atoms with van der Waals surface area (Å²) in [5, 5.41) is 0. The zero-order valence-electron chi connectivity index (χ0n) is 25.0. The molecule has 1 aliphatic rings. The maximum Gasteiger partial charge on any atom is 0.404 e. The minimum Gasteiger partial charge on any atom is -0.497 e. The minimum atomic E-state index is -4.62. The van der Waals surface area contributed by atoms with Gasteiger partial charge in [-0.05, 0) is 78.3 Å². The van der Waals surface area contributed by atoms with Gasteiger partial charge in [0.25, 0.3) is 0 Å². The van der Waals surface area contributed by atoms with Crippen LogP contribution in [-0.2, 0) is 10.2 Å². The Morgan fingerprint density at radius 1 is 0.769 bits per heavy atom. The van der Waals surface area contributed by atoms with E-state index in [1.54, 1.807) is 24.3 Å². The Morgan fingerprint density at radius 2 is 1.31 bits per heavy atom. The fourth-order valence-corrected chi connectivity index (χ4v) is 5.47. The molecule has 6 heteroatoms. The molecule has 0 saturated heterocycles. The van der Waals surface area contributed by atoms with E-state index >= 15 is 0 Å². The van der Waals surface area contributed by atoms with E-state index in [9.17, 15) is 13.2 Å². The normalized spacial score (nSPS) is 18.7. The second-order valence-corrected chi connectivity index (χ2v) is 13.5. The summed E-state index contributed by atoms with van der Waals surface area (Å²) in [6.45, 7) is 14.5. The van der Waals surface area contributed by atoms with E-state index in [1.807, 2.05) is 12.1 Å². The Kier molecular flexibility index (Phi) is 9.73. The molecule has 1 saturated carbocycles. The summed E-state index contributed by atoms with van der Waals surface area (Å²) in [4.78, 5) is 0. The molecule has 1 aliphatic carbocycles. The van der Waals surface area contributed by atoms with Crippen LogP contribution in [0.2, 0.25) is 0 Å². The van der Waals surface area contributed by atoms with Crippen LogP contribution in [0.5, 0.6) is 11.5 Å². The second kappa shape index (κ2) is 12.1. The maximum atomic E-state index is 14.9. The maximum absolute atomic E-state index is 14.9. The van der Waals surface area contributed by atoms with Crippen molar-refractivity contribution in [3.63, 3.8) is 0 Å². The van der Waals surface area contributed by atoms with Crippen LogP contribution in [0.3, 0.4) is 0 Å². The van der Waals surface area contributed by atoms with Crippen LogP contribution in [0.25, 0.3) is 0 Å². The molecule has 0 aromatic heterocycles. The first-order chi connectivity index (χ1) is 18.0. The van der Waals surface area contributed by atoms with Gasteiger partial charge < -0.3 is 14.2 Å². The highest BCUT2D eigenvalue weighted by Gasteiger charge is 2.60. The van der Waals surface area contributed by atoms with Gasteiger partial charge in [-0.25, -0.2) is 0 Å². The lowest BCUT2D eigenvalue weighted by atomic mass is 9.69. The largest absolute Gasteiger partial charge is 0.497 e. The lowest BCUT2D eigenvalue weighted by Crippen LogP contribution is -2.54. The van der Waals surface area contributed by atoms with Crippen LogP contribution in [0, 0.1) is 10.8 Å². The number of benzene rings is 2. The molecule has 2 aromatic carbocycles. The van der Waals surface area contributed by atoms with Gasteiger partial charge in [0.1, 0.15) is 11.5 Å². The summed E-state index contributed by atoms with van der Waals surface area (Å²) in [6.07, 6.45) is -1.03. The van der Waals surface area contributed by atoms with Crippen molar-refractivity contribution in [2.45, 2.75) is 117 Å². The fourth-order valence-electron chi connectivity index (χ4n) is 5.47. The molecule has 218 valence electrons. The molecule has 39 heavy (non-hydrogen) atoms. The Hall–Kier alpha value is -2.21. The Labute approximate surface area is 233 Å². The second-order valence-electron chi connectivity index (χ2n) is 13.5. The van der Waals surface area contributed by atoms with Gasteiger partial charge in [-0.2, -0.15) is 13.2 Å². The average molecular weight is 549 g/mol. The number of hydrogen-bond acceptors (Lipinski definition) is 3. The number of rotatable bonds is 9. The number of methoxy groups -OCH3 is 1. The summed E-state index contributed by atoms with van der Waals surface area (Å²) >= 11 is 0. The summed E-state index contributed by atoms with van der Waals surface area (Å²) in [7, 11) is 1.49. The molecule has 3 nitrogen and oxygen atoms in total. The predicted octanol–water partition coefficient (Wildman–Crippen LogP) is 9.84. The van der Waals surface area contributed by atoms with Gasteiger partial charge in [-0.3, -0.25) is 0 Å². The topological polar surface area (TPSA) is 27.7 Å². The molecular weight excluding hydrogens is 501 g/mol. The molecule has 0 radical (unpaired) electrons. The van der Waals surface area contributed by atoms with Crippen LogP contribution >= 0.6 is 0 Å². The quantitative estimate of drug-likeness (QED) is 0.292. The van der Waals surface area contributed by atoms with Crippen LogP contribution in [0.1, 0.15) is 104 Å². The molecule has 1 fully saturated rings. The first-order valence-corrected chi connectivity index (χ1v) is 14.2. The first-order valence-electron chi connectivity index (χ1n) is 14.2. The molecule has 0 heterocycles. The standard InChI is InChI=1S/C33H47F3O3/c1-30(2,3)22-28(31(4,5)6)23-14-18-27(19-15-23)39-29(38-26-12-10-9-11-13-26)32(7,33(34,35)36)24-16-20-25(37-8)21-17-24/h14-21,26,28-29H,9-13,22H2,1-8H3. The van der Waals surface area contributed by atoms with Crippen molar-refractivity contribution < 1.29 is 27.4 Å². The first kappa shape index (κ1) is 31.3. The molecule has 3 unspecified atom stereocenters. The van der Waals surface area contributed by atoms with Crippen LogP contribution in [0.15, 0.2) is 48.5 Å². The van der Waals surface area contributed by atoms with E-state index in [-0.39, 0.29) is 22.5 Å². The van der Waals surface area contributed by atoms with Crippen molar-refractivity contribution in [3.05, 3.63) is 59.7 Å². The van der Waals surface area contributed by atoms with Gasteiger partial charge in [-0.1, -0.05) is 85.1 Å². The fraction of sp³-hybridized carbons (Fsp3) is 0.636. The zero-order chi connectivity index (χ0) is 29.1. The third-order valence-electron chi connectivity index (χ3n) is 8.01. The van der Waals surface area contributed by atoms with Gasteiger partial charge >= 0.3 is 6.18 Å². The van der Waals surface area contributed by atoms with Gasteiger partial charge in [0.2, 0.25) is 6.29 Å². The Bertz CT molecular complexity index is 1030. The molecule has 0 aliphatic heterocycles. The van der Waals surface area contributed by atoms with Crippen LogP contribution in [0.4, 0.5) is 13.2 Å². The van der Waals surface area contributed by atoms with E-state index in [1.165, 1.54) is 26.2 Å². The van der Waals surface area contributed by atoms with Crippen LogP contribution in [-0.4, -0.2) is 25.7 Å². The number of halogens is 3.